The lowest BCUT2D eigenvalue weighted by Crippen LogP contribution is -2.32. The number of hydrogen-bond donors (Lipinski definition) is 2. The molecule has 0 fully saturated rings. The summed E-state index contributed by atoms with van der Waals surface area (Å²) in [4.78, 5) is 0. The number of halogens is 1. The number of methoxy groups -OCH3 is 1. The van der Waals surface area contributed by atoms with Gasteiger partial charge in [0.1, 0.15) is 0 Å². The summed E-state index contributed by atoms with van der Waals surface area (Å²) in [5.74, 6) is 0. The number of hydrogen-bond acceptors (Lipinski definition) is 4. The Morgan fingerprint density at radius 3 is 3.13 bits per heavy atom. The minimum atomic E-state index is -0.436. The zero-order valence-electron chi connectivity index (χ0n) is 8.69. The molecule has 1 atom stereocenters. The molecule has 0 aliphatic heterocycles. The van der Waals surface area contributed by atoms with E-state index in [4.69, 9.17) is 4.74 Å². The van der Waals surface area contributed by atoms with Crippen molar-refractivity contribution in [2.24, 2.45) is 0 Å². The van der Waals surface area contributed by atoms with Crippen molar-refractivity contribution in [2.45, 2.75) is 12.6 Å². The van der Waals surface area contributed by atoms with Gasteiger partial charge in [-0.15, -0.1) is 0 Å². The van der Waals surface area contributed by atoms with E-state index in [2.05, 4.69) is 26.3 Å². The molecule has 0 aliphatic rings. The molecular weight excluding hydrogens is 262 g/mol. The summed E-state index contributed by atoms with van der Waals surface area (Å²) >= 11 is 3.30. The Bertz CT molecular complexity index is 280. The second-order valence-electron chi connectivity index (χ2n) is 3.23. The van der Waals surface area contributed by atoms with Crippen LogP contribution in [-0.4, -0.2) is 47.8 Å². The Morgan fingerprint density at radius 2 is 2.53 bits per heavy atom. The zero-order valence-corrected chi connectivity index (χ0v) is 10.3. The van der Waals surface area contributed by atoms with E-state index in [1.807, 2.05) is 6.20 Å². The second-order valence-corrected chi connectivity index (χ2v) is 4.15. The molecule has 1 aromatic rings. The predicted molar refractivity (Wildman–Crippen MR) is 60.7 cm³/mol. The van der Waals surface area contributed by atoms with E-state index in [9.17, 15) is 5.11 Å². The Hall–Kier alpha value is -0.430. The number of nitrogens with zero attached hydrogens (tertiary/aromatic N) is 2. The smallest absolute Gasteiger partial charge is 0.0860 e. The van der Waals surface area contributed by atoms with Gasteiger partial charge in [-0.2, -0.15) is 5.10 Å². The molecule has 1 rings (SSSR count). The predicted octanol–water partition coefficient (Wildman–Crippen LogP) is 0.242. The van der Waals surface area contributed by atoms with Crippen molar-refractivity contribution in [3.8, 4) is 0 Å². The highest BCUT2D eigenvalue weighted by molar-refractivity contribution is 9.10. The van der Waals surface area contributed by atoms with Crippen molar-refractivity contribution in [3.05, 3.63) is 16.9 Å². The van der Waals surface area contributed by atoms with Gasteiger partial charge in [-0.3, -0.25) is 4.68 Å². The van der Waals surface area contributed by atoms with Crippen LogP contribution in [0.3, 0.4) is 0 Å². The third kappa shape index (κ3) is 5.27. The number of aliphatic hydroxyl groups excluding tert-OH is 1. The number of nitrogens with one attached hydrogen (secondary N) is 1. The van der Waals surface area contributed by atoms with Gasteiger partial charge in [0.25, 0.3) is 0 Å². The molecule has 5 nitrogen and oxygen atoms in total. The highest BCUT2D eigenvalue weighted by Gasteiger charge is 2.05. The summed E-state index contributed by atoms with van der Waals surface area (Å²) in [6.45, 7) is 2.43. The summed E-state index contributed by atoms with van der Waals surface area (Å²) in [5.41, 5.74) is 0. The van der Waals surface area contributed by atoms with Gasteiger partial charge in [0.15, 0.2) is 0 Å². The highest BCUT2D eigenvalue weighted by Crippen LogP contribution is 2.06. The third-order valence-electron chi connectivity index (χ3n) is 1.86. The molecule has 1 heterocycles. The Kier molecular flexibility index (Phi) is 5.85. The standard InChI is InChI=1S/C9H16BrN3O2/c1-15-3-2-11-5-9(14)7-13-6-8(10)4-12-13/h4,6,9,11,14H,2-3,5,7H2,1H3. The largest absolute Gasteiger partial charge is 0.390 e. The van der Waals surface area contributed by atoms with Crippen LogP contribution in [0.15, 0.2) is 16.9 Å². The Labute approximate surface area is 97.6 Å². The lowest BCUT2D eigenvalue weighted by Gasteiger charge is -2.11. The van der Waals surface area contributed by atoms with Gasteiger partial charge in [-0.25, -0.2) is 0 Å². The molecule has 86 valence electrons. The van der Waals surface area contributed by atoms with Gasteiger partial charge < -0.3 is 15.2 Å². The molecule has 0 saturated heterocycles. The molecule has 6 heteroatoms. The first kappa shape index (κ1) is 12.6. The maximum Gasteiger partial charge on any atom is 0.0860 e. The zero-order chi connectivity index (χ0) is 11.1. The van der Waals surface area contributed by atoms with Crippen molar-refractivity contribution in [1.29, 1.82) is 0 Å². The number of aliphatic hydroxyl groups is 1. The summed E-state index contributed by atoms with van der Waals surface area (Å²) in [6, 6.07) is 0. The van der Waals surface area contributed by atoms with E-state index in [1.165, 1.54) is 0 Å². The molecule has 1 aromatic heterocycles. The first-order chi connectivity index (χ1) is 7.22. The van der Waals surface area contributed by atoms with Crippen LogP contribution in [0.2, 0.25) is 0 Å². The van der Waals surface area contributed by atoms with E-state index < -0.39 is 6.10 Å². The van der Waals surface area contributed by atoms with Crippen LogP contribution >= 0.6 is 15.9 Å². The molecule has 0 radical (unpaired) electrons. The molecule has 0 bridgehead atoms. The summed E-state index contributed by atoms with van der Waals surface area (Å²) in [5, 5.41) is 16.8. The third-order valence-corrected chi connectivity index (χ3v) is 2.27. The fourth-order valence-corrected chi connectivity index (χ4v) is 1.49. The van der Waals surface area contributed by atoms with Crippen molar-refractivity contribution in [1.82, 2.24) is 15.1 Å². The molecule has 1 unspecified atom stereocenters. The quantitative estimate of drug-likeness (QED) is 0.702. The summed E-state index contributed by atoms with van der Waals surface area (Å²) < 4.78 is 7.50. The van der Waals surface area contributed by atoms with E-state index >= 15 is 0 Å². The van der Waals surface area contributed by atoms with Gasteiger partial charge in [-0.1, -0.05) is 0 Å². The minimum Gasteiger partial charge on any atom is -0.390 e. The fourth-order valence-electron chi connectivity index (χ4n) is 1.16. The Balaban J connectivity index is 2.15. The fraction of sp³-hybridized carbons (Fsp3) is 0.667. The summed E-state index contributed by atoms with van der Waals surface area (Å²) in [7, 11) is 1.65. The average molecular weight is 278 g/mol. The maximum atomic E-state index is 9.63. The lowest BCUT2D eigenvalue weighted by molar-refractivity contribution is 0.140. The van der Waals surface area contributed by atoms with Gasteiger partial charge >= 0.3 is 0 Å². The van der Waals surface area contributed by atoms with Crippen LogP contribution in [0.25, 0.3) is 0 Å². The normalized spacial score (nSPS) is 13.0. The molecule has 0 amide bonds. The number of ether oxygens (including phenoxy) is 1. The van der Waals surface area contributed by atoms with Gasteiger partial charge in [0, 0.05) is 26.4 Å². The first-order valence-corrected chi connectivity index (χ1v) is 5.57. The molecule has 0 spiro atoms. The van der Waals surface area contributed by atoms with Gasteiger partial charge in [-0.05, 0) is 15.9 Å². The van der Waals surface area contributed by atoms with Crippen LogP contribution in [0.4, 0.5) is 0 Å². The van der Waals surface area contributed by atoms with Crippen molar-refractivity contribution >= 4 is 15.9 Å². The van der Waals surface area contributed by atoms with Crippen LogP contribution in [0.1, 0.15) is 0 Å². The van der Waals surface area contributed by atoms with Crippen molar-refractivity contribution in [3.63, 3.8) is 0 Å². The molecular formula is C9H16BrN3O2. The van der Waals surface area contributed by atoms with E-state index in [-0.39, 0.29) is 0 Å². The van der Waals surface area contributed by atoms with Crippen LogP contribution in [0.5, 0.6) is 0 Å². The number of rotatable bonds is 7. The second kappa shape index (κ2) is 6.95. The van der Waals surface area contributed by atoms with Gasteiger partial charge in [0.2, 0.25) is 0 Å². The van der Waals surface area contributed by atoms with Crippen LogP contribution in [0, 0.1) is 0 Å². The van der Waals surface area contributed by atoms with Crippen molar-refractivity contribution in [2.75, 3.05) is 26.8 Å². The monoisotopic (exact) mass is 277 g/mol. The van der Waals surface area contributed by atoms with Crippen LogP contribution < -0.4 is 5.32 Å². The lowest BCUT2D eigenvalue weighted by atomic mass is 10.3. The molecule has 0 aromatic carbocycles. The van der Waals surface area contributed by atoms with E-state index in [0.29, 0.717) is 19.7 Å². The maximum absolute atomic E-state index is 9.63. The Morgan fingerprint density at radius 1 is 1.73 bits per heavy atom. The molecule has 2 N–H and O–H groups in total. The SMILES string of the molecule is COCCNCC(O)Cn1cc(Br)cn1. The first-order valence-electron chi connectivity index (χ1n) is 4.78. The highest BCUT2D eigenvalue weighted by atomic mass is 79.9. The molecule has 0 aliphatic carbocycles. The number of aromatic nitrogens is 2. The molecule has 0 saturated carbocycles. The topological polar surface area (TPSA) is 59.3 Å². The van der Waals surface area contributed by atoms with E-state index in [1.54, 1.807) is 18.0 Å². The van der Waals surface area contributed by atoms with Crippen LogP contribution in [-0.2, 0) is 11.3 Å². The van der Waals surface area contributed by atoms with E-state index in [0.717, 1.165) is 11.0 Å². The molecule has 15 heavy (non-hydrogen) atoms. The van der Waals surface area contributed by atoms with Crippen molar-refractivity contribution < 1.29 is 9.84 Å². The summed E-state index contributed by atoms with van der Waals surface area (Å²) in [6.07, 6.45) is 3.09. The average Bonchev–Trinajstić information content (AvgIpc) is 2.59. The minimum absolute atomic E-state index is 0.436. The van der Waals surface area contributed by atoms with Gasteiger partial charge in [0.05, 0.1) is 29.9 Å².